The smallest absolute Gasteiger partial charge is 0.472 e. The molecule has 1 amide bonds. The minimum atomic E-state index is -4.75. The van der Waals surface area contributed by atoms with Gasteiger partial charge in [-0.05, 0) is 64.2 Å². The van der Waals surface area contributed by atoms with Crippen molar-refractivity contribution in [3.05, 3.63) is 24.3 Å². The lowest BCUT2D eigenvalue weighted by Crippen LogP contribution is -2.43. The van der Waals surface area contributed by atoms with E-state index in [1.807, 2.05) is 0 Å². The number of carbonyl (C=O) groups excluding carboxylic acids is 2. The number of unbranched alkanes of at least 4 members (excludes halogenated alkanes) is 25. The van der Waals surface area contributed by atoms with Crippen LogP contribution in [0.15, 0.2) is 24.3 Å². The maximum atomic E-state index is 12.3. The number of carbonyl (C=O) groups is 3. The van der Waals surface area contributed by atoms with Crippen LogP contribution in [0, 0.1) is 0 Å². The van der Waals surface area contributed by atoms with E-state index in [4.69, 9.17) is 13.8 Å². The second-order valence-corrected chi connectivity index (χ2v) is 17.0. The first kappa shape index (κ1) is 55.0. The Morgan fingerprint density at radius 2 is 0.912 bits per heavy atom. The predicted molar refractivity (Wildman–Crippen MR) is 231 cm³/mol. The molecule has 0 aliphatic heterocycles. The van der Waals surface area contributed by atoms with Crippen molar-refractivity contribution in [1.29, 1.82) is 0 Å². The molecule has 11 nitrogen and oxygen atoms in total. The summed E-state index contributed by atoms with van der Waals surface area (Å²) in [6.45, 7) is 2.57. The van der Waals surface area contributed by atoms with Gasteiger partial charge in [0.1, 0.15) is 12.7 Å². The normalized spacial score (nSPS) is 13.9. The van der Waals surface area contributed by atoms with Gasteiger partial charge < -0.3 is 25.2 Å². The summed E-state index contributed by atoms with van der Waals surface area (Å²) in [5, 5.41) is 21.8. The number of rotatable bonds is 43. The number of amides is 1. The number of ether oxygens (including phenoxy) is 1. The van der Waals surface area contributed by atoms with Gasteiger partial charge in [-0.25, -0.2) is 9.36 Å². The molecule has 0 aromatic heterocycles. The standard InChI is InChI=1S/C45H84NO10P/c1-3-5-7-9-11-13-15-17-18-19-20-21-22-23-24-25-26-28-30-32-34-36-43(48)46-42(45(50)51)40-56-57(52,53)55-39-41(47)38-54-44(49)37-35-33-31-29-27-16-14-12-10-8-6-4-2/h12,14,17-18,41-42,47H,3-11,13,15-16,19-40H2,1-2H3,(H,46,48)(H,50,51)(H,52,53)/b14-12-,18-17+. The molecule has 0 bridgehead atoms. The van der Waals surface area contributed by atoms with Gasteiger partial charge in [-0.1, -0.05) is 160 Å². The van der Waals surface area contributed by atoms with Gasteiger partial charge in [0.2, 0.25) is 5.91 Å². The summed E-state index contributed by atoms with van der Waals surface area (Å²) in [7, 11) is -4.75. The fourth-order valence-corrected chi connectivity index (χ4v) is 7.14. The molecule has 4 N–H and O–H groups in total. The van der Waals surface area contributed by atoms with E-state index in [0.29, 0.717) is 12.8 Å². The Morgan fingerprint density at radius 1 is 0.544 bits per heavy atom. The molecule has 0 radical (unpaired) electrons. The van der Waals surface area contributed by atoms with E-state index >= 15 is 0 Å². The third-order valence-corrected chi connectivity index (χ3v) is 10.9. The molecule has 0 heterocycles. The summed E-state index contributed by atoms with van der Waals surface area (Å²) < 4.78 is 26.8. The summed E-state index contributed by atoms with van der Waals surface area (Å²) >= 11 is 0. The number of carboxylic acids is 1. The van der Waals surface area contributed by atoms with Crippen molar-refractivity contribution < 1.29 is 47.8 Å². The van der Waals surface area contributed by atoms with Crippen LogP contribution < -0.4 is 5.32 Å². The maximum Gasteiger partial charge on any atom is 0.472 e. The highest BCUT2D eigenvalue weighted by Crippen LogP contribution is 2.43. The SMILES string of the molecule is CCCCC/C=C\CCCCCCCC(=O)OCC(O)COP(=O)(O)OCC(NC(=O)CCCCCCCCCCCCC/C=C/CCCCCCCC)C(=O)O. The molecular weight excluding hydrogens is 745 g/mol. The van der Waals surface area contributed by atoms with Crippen molar-refractivity contribution >= 4 is 25.7 Å². The molecule has 0 aromatic rings. The van der Waals surface area contributed by atoms with E-state index in [0.717, 1.165) is 57.8 Å². The molecule has 0 saturated carbocycles. The molecule has 0 spiro atoms. The predicted octanol–water partition coefficient (Wildman–Crippen LogP) is 11.8. The highest BCUT2D eigenvalue weighted by atomic mass is 31.2. The van der Waals surface area contributed by atoms with Crippen LogP contribution in [0.25, 0.3) is 0 Å². The maximum absolute atomic E-state index is 12.3. The van der Waals surface area contributed by atoms with Gasteiger partial charge in [-0.15, -0.1) is 0 Å². The molecule has 0 saturated heterocycles. The molecule has 3 unspecified atom stereocenters. The Hall–Kier alpha value is -2.04. The molecule has 57 heavy (non-hydrogen) atoms. The fourth-order valence-electron chi connectivity index (χ4n) is 6.36. The number of allylic oxidation sites excluding steroid dienone is 4. The zero-order valence-corrected chi connectivity index (χ0v) is 37.0. The lowest BCUT2D eigenvalue weighted by atomic mass is 10.0. The van der Waals surface area contributed by atoms with Gasteiger partial charge in [0.25, 0.3) is 0 Å². The second kappa shape index (κ2) is 40.7. The van der Waals surface area contributed by atoms with Crippen LogP contribution in [-0.2, 0) is 32.7 Å². The van der Waals surface area contributed by atoms with Gasteiger partial charge in [0.05, 0.1) is 13.2 Å². The Kier molecular flexibility index (Phi) is 39.3. The molecule has 0 rings (SSSR count). The number of hydrogen-bond acceptors (Lipinski definition) is 8. The van der Waals surface area contributed by atoms with Crippen molar-refractivity contribution in [2.45, 2.75) is 225 Å². The molecule has 3 atom stereocenters. The molecule has 0 aromatic carbocycles. The minimum absolute atomic E-state index is 0.146. The quantitative estimate of drug-likeness (QED) is 0.0201. The van der Waals surface area contributed by atoms with E-state index in [1.54, 1.807) is 0 Å². The molecule has 334 valence electrons. The number of aliphatic hydroxyl groups excluding tert-OH is 1. The third kappa shape index (κ3) is 40.5. The number of aliphatic carboxylic acids is 1. The highest BCUT2D eigenvalue weighted by molar-refractivity contribution is 7.47. The molecule has 0 aliphatic carbocycles. The average molecular weight is 830 g/mol. The Balaban J connectivity index is 3.86. The zero-order chi connectivity index (χ0) is 42.1. The monoisotopic (exact) mass is 830 g/mol. The van der Waals surface area contributed by atoms with Crippen molar-refractivity contribution in [2.75, 3.05) is 19.8 Å². The average Bonchev–Trinajstić information content (AvgIpc) is 3.18. The summed E-state index contributed by atoms with van der Waals surface area (Å²) in [5.41, 5.74) is 0. The molecule has 0 aliphatic rings. The number of esters is 1. The highest BCUT2D eigenvalue weighted by Gasteiger charge is 2.28. The topological polar surface area (TPSA) is 169 Å². The molecular formula is C45H84NO10P. The number of aliphatic hydroxyl groups is 1. The van der Waals surface area contributed by atoms with Gasteiger partial charge in [0.15, 0.2) is 6.04 Å². The number of nitrogens with one attached hydrogen (secondary N) is 1. The van der Waals surface area contributed by atoms with Crippen LogP contribution in [0.3, 0.4) is 0 Å². The van der Waals surface area contributed by atoms with Crippen LogP contribution in [0.4, 0.5) is 0 Å². The van der Waals surface area contributed by atoms with Crippen molar-refractivity contribution in [2.24, 2.45) is 0 Å². The Bertz CT molecular complexity index is 1070. The summed E-state index contributed by atoms with van der Waals surface area (Å²) in [4.78, 5) is 45.9. The number of phosphoric acid groups is 1. The van der Waals surface area contributed by atoms with Crippen LogP contribution in [0.5, 0.6) is 0 Å². The van der Waals surface area contributed by atoms with E-state index in [1.165, 1.54) is 116 Å². The van der Waals surface area contributed by atoms with Gasteiger partial charge in [-0.3, -0.25) is 18.6 Å². The van der Waals surface area contributed by atoms with Gasteiger partial charge in [-0.2, -0.15) is 0 Å². The van der Waals surface area contributed by atoms with Crippen LogP contribution in [-0.4, -0.2) is 64.9 Å². The number of hydrogen-bond donors (Lipinski definition) is 4. The van der Waals surface area contributed by atoms with E-state index in [9.17, 15) is 34.1 Å². The first-order valence-electron chi connectivity index (χ1n) is 22.9. The summed E-state index contributed by atoms with van der Waals surface area (Å²) in [6.07, 6.45) is 42.0. The van der Waals surface area contributed by atoms with E-state index < -0.39 is 57.6 Å². The fraction of sp³-hybridized carbons (Fsp3) is 0.844. The van der Waals surface area contributed by atoms with Crippen molar-refractivity contribution in [1.82, 2.24) is 5.32 Å². The summed E-state index contributed by atoms with van der Waals surface area (Å²) in [5.74, 6) is -2.38. The third-order valence-electron chi connectivity index (χ3n) is 9.96. The van der Waals surface area contributed by atoms with E-state index in [-0.39, 0.29) is 12.8 Å². The van der Waals surface area contributed by atoms with Gasteiger partial charge >= 0.3 is 19.8 Å². The molecule has 12 heteroatoms. The van der Waals surface area contributed by atoms with Crippen LogP contribution in [0.2, 0.25) is 0 Å². The summed E-state index contributed by atoms with van der Waals surface area (Å²) in [6, 6.07) is -1.55. The largest absolute Gasteiger partial charge is 0.480 e. The van der Waals surface area contributed by atoms with Crippen molar-refractivity contribution in [3.8, 4) is 0 Å². The van der Waals surface area contributed by atoms with Crippen molar-refractivity contribution in [3.63, 3.8) is 0 Å². The van der Waals surface area contributed by atoms with Crippen LogP contribution in [0.1, 0.15) is 213 Å². The second-order valence-electron chi connectivity index (χ2n) is 15.6. The number of carboxylic acid groups (broad SMARTS) is 1. The zero-order valence-electron chi connectivity index (χ0n) is 36.2. The first-order valence-corrected chi connectivity index (χ1v) is 24.4. The first-order chi connectivity index (χ1) is 27.6. The molecule has 0 fully saturated rings. The van der Waals surface area contributed by atoms with E-state index in [2.05, 4.69) is 43.5 Å². The Labute approximate surface area is 347 Å². The minimum Gasteiger partial charge on any atom is -0.480 e. The van der Waals surface area contributed by atoms with Gasteiger partial charge in [0, 0.05) is 12.8 Å². The lowest BCUT2D eigenvalue weighted by molar-refractivity contribution is -0.147. The van der Waals surface area contributed by atoms with Crippen LogP contribution >= 0.6 is 7.82 Å². The Morgan fingerprint density at radius 3 is 1.37 bits per heavy atom. The number of phosphoric ester groups is 1. The lowest BCUT2D eigenvalue weighted by Gasteiger charge is -2.18.